The summed E-state index contributed by atoms with van der Waals surface area (Å²) >= 11 is 0. The third-order valence-corrected chi connectivity index (χ3v) is 5.41. The first kappa shape index (κ1) is 35.4. The molecule has 0 aliphatic rings. The van der Waals surface area contributed by atoms with Crippen LogP contribution in [0.3, 0.4) is 0 Å². The summed E-state index contributed by atoms with van der Waals surface area (Å²) in [6.07, 6.45) is 0.119. The lowest BCUT2D eigenvalue weighted by molar-refractivity contribution is -0.170. The van der Waals surface area contributed by atoms with Crippen LogP contribution in [-0.4, -0.2) is 63.3 Å². The molecule has 0 saturated carbocycles. The number of nitrogens with zero attached hydrogens (tertiary/aromatic N) is 3. The van der Waals surface area contributed by atoms with Crippen LogP contribution in [-0.2, 0) is 37.4 Å². The minimum absolute atomic E-state index is 0.134. The predicted octanol–water partition coefficient (Wildman–Crippen LogP) is 4.22. The zero-order valence-electron chi connectivity index (χ0n) is 27.0. The van der Waals surface area contributed by atoms with Gasteiger partial charge in [-0.2, -0.15) is 0 Å². The van der Waals surface area contributed by atoms with Gasteiger partial charge in [0.15, 0.2) is 0 Å². The monoisotopic (exact) mass is 605 g/mol. The lowest BCUT2D eigenvalue weighted by Gasteiger charge is -2.22. The van der Waals surface area contributed by atoms with Crippen LogP contribution in [0.2, 0.25) is 0 Å². The molecule has 0 saturated heterocycles. The first-order chi connectivity index (χ1) is 19.8. The van der Waals surface area contributed by atoms with Crippen molar-refractivity contribution in [3.63, 3.8) is 0 Å². The van der Waals surface area contributed by atoms with Gasteiger partial charge in [0.2, 0.25) is 11.7 Å². The number of imidazole rings is 1. The number of benzene rings is 1. The maximum Gasteiger partial charge on any atom is 0.437 e. The van der Waals surface area contributed by atoms with E-state index < -0.39 is 41.1 Å². The highest BCUT2D eigenvalue weighted by atomic mass is 16.7. The van der Waals surface area contributed by atoms with Gasteiger partial charge >= 0.3 is 18.2 Å². The highest BCUT2D eigenvalue weighted by molar-refractivity contribution is 5.75. The van der Waals surface area contributed by atoms with Gasteiger partial charge in [0.25, 0.3) is 0 Å². The Bertz CT molecular complexity index is 1310. The summed E-state index contributed by atoms with van der Waals surface area (Å²) in [5, 5.41) is 2.74. The highest BCUT2D eigenvalue weighted by Gasteiger charge is 2.26. The number of aromatic nitrogens is 2. The first-order valence-electron chi connectivity index (χ1n) is 14.1. The molecule has 1 aromatic heterocycles. The standard InChI is InChI=1S/C30H47N5O8/c1-28(2,3)40-24(36)23(43-31)19-39-21-14-12-20(13-15-21)22-18-35(17-11-16-32-26(37)41-29(4,5)6)25(34(22)10)33-27(38)42-30(7,8)9/h12-15,18,23H,11,16-17,19,31H2,1-10H3,(H,32,37). The number of nitrogens with two attached hydrogens (primary N) is 1. The molecule has 43 heavy (non-hydrogen) atoms. The Labute approximate surface area is 253 Å². The van der Waals surface area contributed by atoms with E-state index in [0.717, 1.165) is 11.3 Å². The second-order valence-electron chi connectivity index (χ2n) is 12.9. The predicted molar refractivity (Wildman–Crippen MR) is 160 cm³/mol. The van der Waals surface area contributed by atoms with Crippen molar-refractivity contribution >= 4 is 18.2 Å². The van der Waals surface area contributed by atoms with Gasteiger partial charge in [-0.1, -0.05) is 0 Å². The van der Waals surface area contributed by atoms with E-state index >= 15 is 0 Å². The van der Waals surface area contributed by atoms with Crippen LogP contribution in [0.4, 0.5) is 9.59 Å². The molecule has 2 aromatic rings. The number of esters is 1. The molecular weight excluding hydrogens is 558 g/mol. The van der Waals surface area contributed by atoms with Crippen molar-refractivity contribution in [2.24, 2.45) is 17.9 Å². The molecule has 13 heteroatoms. The van der Waals surface area contributed by atoms with Crippen LogP contribution < -0.4 is 21.6 Å². The summed E-state index contributed by atoms with van der Waals surface area (Å²) in [7, 11) is 1.79. The molecule has 0 aliphatic heterocycles. The fraction of sp³-hybridized carbons (Fsp3) is 0.600. The number of ether oxygens (including phenoxy) is 4. The van der Waals surface area contributed by atoms with E-state index in [-0.39, 0.29) is 6.61 Å². The zero-order valence-corrected chi connectivity index (χ0v) is 27.0. The summed E-state index contributed by atoms with van der Waals surface area (Å²) in [6, 6.07) is 7.15. The van der Waals surface area contributed by atoms with Crippen LogP contribution in [0.25, 0.3) is 11.3 Å². The maximum absolute atomic E-state index is 12.6. The number of amides is 2. The van der Waals surface area contributed by atoms with Gasteiger partial charge < -0.3 is 33.4 Å². The van der Waals surface area contributed by atoms with E-state index in [1.807, 2.05) is 22.9 Å². The summed E-state index contributed by atoms with van der Waals surface area (Å²) < 4.78 is 25.3. The molecule has 1 aromatic carbocycles. The van der Waals surface area contributed by atoms with E-state index in [4.69, 9.17) is 29.7 Å². The lowest BCUT2D eigenvalue weighted by atomic mass is 10.1. The van der Waals surface area contributed by atoms with Crippen molar-refractivity contribution in [2.45, 2.75) is 98.2 Å². The third kappa shape index (κ3) is 12.5. The smallest absolute Gasteiger partial charge is 0.437 e. The van der Waals surface area contributed by atoms with E-state index in [1.54, 1.807) is 86.1 Å². The van der Waals surface area contributed by atoms with E-state index in [0.29, 0.717) is 30.9 Å². The van der Waals surface area contributed by atoms with Crippen LogP contribution >= 0.6 is 0 Å². The molecule has 1 heterocycles. The van der Waals surface area contributed by atoms with Crippen molar-refractivity contribution in [3.8, 4) is 17.0 Å². The summed E-state index contributed by atoms with van der Waals surface area (Å²) in [5.74, 6) is 5.15. The van der Waals surface area contributed by atoms with Gasteiger partial charge in [0.1, 0.15) is 29.2 Å². The third-order valence-electron chi connectivity index (χ3n) is 5.41. The molecule has 0 aliphatic carbocycles. The Balaban J connectivity index is 2.24. The van der Waals surface area contributed by atoms with Crippen molar-refractivity contribution in [1.29, 1.82) is 0 Å². The Morgan fingerprint density at radius 2 is 1.49 bits per heavy atom. The van der Waals surface area contributed by atoms with Gasteiger partial charge in [-0.25, -0.2) is 20.3 Å². The normalized spacial score (nSPS) is 13.3. The molecule has 240 valence electrons. The zero-order chi connectivity index (χ0) is 32.6. The lowest BCUT2D eigenvalue weighted by Crippen LogP contribution is -2.38. The quantitative estimate of drug-likeness (QED) is 0.175. The molecule has 3 N–H and O–H groups in total. The molecular formula is C30H47N5O8. The minimum Gasteiger partial charge on any atom is -0.490 e. The Hall–Kier alpha value is -3.84. The van der Waals surface area contributed by atoms with Crippen LogP contribution in [0.1, 0.15) is 68.7 Å². The topological polar surface area (TPSA) is 158 Å². The van der Waals surface area contributed by atoms with E-state index in [9.17, 15) is 14.4 Å². The molecule has 1 atom stereocenters. The van der Waals surface area contributed by atoms with Crippen molar-refractivity contribution < 1.29 is 38.2 Å². The average Bonchev–Trinajstić information content (AvgIpc) is 3.14. The van der Waals surface area contributed by atoms with Crippen molar-refractivity contribution in [3.05, 3.63) is 36.1 Å². The average molecular weight is 606 g/mol. The maximum atomic E-state index is 12.6. The number of nitrogens with one attached hydrogen (secondary N) is 1. The number of hydrogen-bond donors (Lipinski definition) is 2. The van der Waals surface area contributed by atoms with Crippen molar-refractivity contribution in [1.82, 2.24) is 14.5 Å². The van der Waals surface area contributed by atoms with Crippen LogP contribution in [0, 0.1) is 0 Å². The second kappa shape index (κ2) is 14.6. The number of carbonyl (C=O) groups excluding carboxylic acids is 3. The minimum atomic E-state index is -1.09. The highest BCUT2D eigenvalue weighted by Crippen LogP contribution is 2.22. The van der Waals surface area contributed by atoms with Gasteiger partial charge in [0, 0.05) is 26.3 Å². The summed E-state index contributed by atoms with van der Waals surface area (Å²) in [5.41, 5.74) is -0.0206. The SMILES string of the molecule is Cn1c(-c2ccc(OCC(ON)C(=O)OC(C)(C)C)cc2)cn(CCCNC(=O)OC(C)(C)C)c1=NC(=O)OC(C)(C)C. The van der Waals surface area contributed by atoms with Gasteiger partial charge in [-0.05, 0) is 98.6 Å². The molecule has 0 fully saturated rings. The number of aryl methyl sites for hydroxylation is 1. The number of alkyl carbamates (subject to hydrolysis) is 1. The van der Waals surface area contributed by atoms with Gasteiger partial charge in [0.05, 0.1) is 5.69 Å². The first-order valence-corrected chi connectivity index (χ1v) is 14.1. The van der Waals surface area contributed by atoms with E-state index in [1.165, 1.54) is 0 Å². The molecule has 0 radical (unpaired) electrons. The van der Waals surface area contributed by atoms with Crippen molar-refractivity contribution in [2.75, 3.05) is 13.2 Å². The number of hydrogen-bond acceptors (Lipinski definition) is 9. The van der Waals surface area contributed by atoms with Gasteiger partial charge in [-0.15, -0.1) is 4.99 Å². The second-order valence-corrected chi connectivity index (χ2v) is 12.9. The summed E-state index contributed by atoms with van der Waals surface area (Å²) in [6.45, 7) is 16.6. The number of rotatable bonds is 10. The van der Waals surface area contributed by atoms with Gasteiger partial charge in [-0.3, -0.25) is 4.84 Å². The van der Waals surface area contributed by atoms with Crippen LogP contribution in [0.5, 0.6) is 5.75 Å². The van der Waals surface area contributed by atoms with E-state index in [2.05, 4.69) is 10.3 Å². The van der Waals surface area contributed by atoms with Crippen LogP contribution in [0.15, 0.2) is 35.5 Å². The molecule has 0 bridgehead atoms. The molecule has 2 amide bonds. The molecule has 13 nitrogen and oxygen atoms in total. The Morgan fingerprint density at radius 3 is 2.02 bits per heavy atom. The Morgan fingerprint density at radius 1 is 0.907 bits per heavy atom. The fourth-order valence-electron chi connectivity index (χ4n) is 3.71. The number of carbonyl (C=O) groups is 3. The molecule has 2 rings (SSSR count). The largest absolute Gasteiger partial charge is 0.490 e. The molecule has 0 spiro atoms. The molecule has 1 unspecified atom stereocenters. The summed E-state index contributed by atoms with van der Waals surface area (Å²) in [4.78, 5) is 45.9. The fourth-order valence-corrected chi connectivity index (χ4v) is 3.71. The Kier molecular flexibility index (Phi) is 12.0.